The summed E-state index contributed by atoms with van der Waals surface area (Å²) in [5.41, 5.74) is -0.338. The summed E-state index contributed by atoms with van der Waals surface area (Å²) in [6.45, 7) is 8.30. The lowest BCUT2D eigenvalue weighted by Gasteiger charge is -2.26. The van der Waals surface area contributed by atoms with Crippen LogP contribution >= 0.6 is 0 Å². The Morgan fingerprint density at radius 2 is 1.60 bits per heavy atom. The van der Waals surface area contributed by atoms with E-state index < -0.39 is 28.9 Å². The van der Waals surface area contributed by atoms with E-state index in [2.05, 4.69) is 25.5 Å². The van der Waals surface area contributed by atoms with Gasteiger partial charge >= 0.3 is 0 Å². The van der Waals surface area contributed by atoms with Crippen LogP contribution in [0.4, 0.5) is 20.2 Å². The highest BCUT2D eigenvalue weighted by Gasteiger charge is 2.69. The summed E-state index contributed by atoms with van der Waals surface area (Å²) in [6, 6.07) is 12.7. The van der Waals surface area contributed by atoms with Gasteiger partial charge in [0.2, 0.25) is 17.7 Å². The molecule has 3 aromatic carbocycles. The number of aromatic nitrogens is 2. The minimum Gasteiger partial charge on any atom is -0.493 e. The van der Waals surface area contributed by atoms with E-state index in [0.717, 1.165) is 45.3 Å². The second-order valence-electron chi connectivity index (χ2n) is 12.0. The Kier molecular flexibility index (Phi) is 9.69. The number of carbonyl (C=O) groups is 2. The van der Waals surface area contributed by atoms with Gasteiger partial charge in [-0.2, -0.15) is 0 Å². The van der Waals surface area contributed by atoms with Crippen molar-refractivity contribution in [3.63, 3.8) is 0 Å². The van der Waals surface area contributed by atoms with Crippen LogP contribution in [0.3, 0.4) is 0 Å². The maximum absolute atomic E-state index is 15.4. The monoisotopic (exact) mass is 661 g/mol. The number of hydrogen-bond acceptors (Lipinski definition) is 9. The molecule has 1 aliphatic heterocycles. The standard InChI is InChI=1S/C35H37F2N5O6/c1-21-22(2)35(21,33(43)40-24-7-5-23(36)6-8-24)34(44)41-25-9-10-29(27(37)17-25)48-32-26-18-30(45-3)31(19-28(26)38-20-39-32)47-14-4-11-42-12-15-46-16-13-42/h5-10,17-22H,4,11-16H2,1-3H3,(H,40,43)(H,41,44)/t21-,22+,35?. The molecule has 2 N–H and O–H groups in total. The van der Waals surface area contributed by atoms with Crippen molar-refractivity contribution in [2.75, 3.05) is 57.2 Å². The number of halogens is 2. The molecule has 3 atom stereocenters. The lowest BCUT2D eigenvalue weighted by Crippen LogP contribution is -2.38. The number of benzene rings is 3. The number of methoxy groups -OCH3 is 1. The van der Waals surface area contributed by atoms with Crippen molar-refractivity contribution in [2.45, 2.75) is 20.3 Å². The van der Waals surface area contributed by atoms with E-state index in [1.807, 2.05) is 0 Å². The van der Waals surface area contributed by atoms with Gasteiger partial charge in [0.25, 0.3) is 0 Å². The maximum atomic E-state index is 15.4. The van der Waals surface area contributed by atoms with Gasteiger partial charge in [-0.1, -0.05) is 13.8 Å². The largest absolute Gasteiger partial charge is 0.493 e. The number of amides is 2. The minimum absolute atomic E-state index is 0.102. The van der Waals surface area contributed by atoms with Crippen LogP contribution in [-0.4, -0.2) is 73.2 Å². The fraction of sp³-hybridized carbons (Fsp3) is 0.371. The number of anilines is 2. The van der Waals surface area contributed by atoms with E-state index in [-0.39, 0.29) is 29.2 Å². The quantitative estimate of drug-likeness (QED) is 0.146. The molecular formula is C35H37F2N5O6. The molecule has 11 nitrogen and oxygen atoms in total. The third-order valence-electron chi connectivity index (χ3n) is 9.19. The third kappa shape index (κ3) is 6.74. The molecule has 252 valence electrons. The number of ether oxygens (including phenoxy) is 4. The fourth-order valence-corrected chi connectivity index (χ4v) is 6.16. The van der Waals surface area contributed by atoms with Crippen molar-refractivity contribution in [1.82, 2.24) is 14.9 Å². The third-order valence-corrected chi connectivity index (χ3v) is 9.19. The molecule has 1 aliphatic carbocycles. The summed E-state index contributed by atoms with van der Waals surface area (Å²) in [5.74, 6) is -1.88. The SMILES string of the molecule is COc1cc2c(Oc3ccc(NC(=O)C4(C(=O)Nc5ccc(F)cc5)[C@H](C)[C@@H]4C)cc3F)ncnc2cc1OCCCN1CCOCC1. The summed E-state index contributed by atoms with van der Waals surface area (Å²) in [6.07, 6.45) is 2.14. The van der Waals surface area contributed by atoms with Crippen molar-refractivity contribution in [3.8, 4) is 23.1 Å². The Morgan fingerprint density at radius 3 is 2.27 bits per heavy atom. The highest BCUT2D eigenvalue weighted by atomic mass is 19.1. The Hall–Kier alpha value is -4.88. The Balaban J connectivity index is 1.13. The molecule has 2 amide bonds. The van der Waals surface area contributed by atoms with Crippen LogP contribution in [0.2, 0.25) is 0 Å². The fourth-order valence-electron chi connectivity index (χ4n) is 6.16. The Morgan fingerprint density at radius 1 is 0.917 bits per heavy atom. The molecule has 2 heterocycles. The van der Waals surface area contributed by atoms with Crippen molar-refractivity contribution >= 4 is 34.1 Å². The van der Waals surface area contributed by atoms with Gasteiger partial charge in [-0.3, -0.25) is 14.5 Å². The van der Waals surface area contributed by atoms with Gasteiger partial charge in [-0.25, -0.2) is 18.7 Å². The minimum atomic E-state index is -1.37. The molecule has 6 rings (SSSR count). The first kappa shape index (κ1) is 33.0. The van der Waals surface area contributed by atoms with Crippen LogP contribution in [-0.2, 0) is 14.3 Å². The molecule has 2 fully saturated rings. The summed E-state index contributed by atoms with van der Waals surface area (Å²) in [4.78, 5) is 37.6. The van der Waals surface area contributed by atoms with E-state index in [1.54, 1.807) is 26.0 Å². The van der Waals surface area contributed by atoms with Crippen LogP contribution in [0.15, 0.2) is 60.9 Å². The molecule has 0 spiro atoms. The summed E-state index contributed by atoms with van der Waals surface area (Å²) in [5, 5.41) is 5.87. The molecule has 1 saturated carbocycles. The van der Waals surface area contributed by atoms with E-state index in [0.29, 0.717) is 34.7 Å². The van der Waals surface area contributed by atoms with Gasteiger partial charge in [-0.15, -0.1) is 0 Å². The number of morpholine rings is 1. The molecule has 0 bridgehead atoms. The average molecular weight is 662 g/mol. The number of carbonyl (C=O) groups excluding carboxylic acids is 2. The lowest BCUT2D eigenvalue weighted by molar-refractivity contribution is -0.132. The van der Waals surface area contributed by atoms with Crippen LogP contribution in [0.1, 0.15) is 20.3 Å². The molecule has 1 aromatic heterocycles. The van der Waals surface area contributed by atoms with Crippen LogP contribution in [0, 0.1) is 28.9 Å². The normalized spacial score (nSPS) is 20.6. The van der Waals surface area contributed by atoms with Crippen LogP contribution in [0.5, 0.6) is 23.1 Å². The summed E-state index contributed by atoms with van der Waals surface area (Å²) >= 11 is 0. The first-order valence-electron chi connectivity index (χ1n) is 15.8. The molecule has 4 aromatic rings. The molecular weight excluding hydrogens is 624 g/mol. The topological polar surface area (TPSA) is 124 Å². The van der Waals surface area contributed by atoms with Crippen molar-refractivity contribution in [3.05, 3.63) is 72.6 Å². The predicted octanol–water partition coefficient (Wildman–Crippen LogP) is 5.66. The van der Waals surface area contributed by atoms with Crippen LogP contribution < -0.4 is 24.8 Å². The zero-order valence-corrected chi connectivity index (χ0v) is 26.9. The van der Waals surface area contributed by atoms with Gasteiger partial charge in [-0.05, 0) is 60.7 Å². The first-order valence-corrected chi connectivity index (χ1v) is 15.8. The predicted molar refractivity (Wildman–Crippen MR) is 174 cm³/mol. The molecule has 0 radical (unpaired) electrons. The van der Waals surface area contributed by atoms with Gasteiger partial charge in [0, 0.05) is 43.1 Å². The lowest BCUT2D eigenvalue weighted by atomic mass is 9.99. The molecule has 1 saturated heterocycles. The van der Waals surface area contributed by atoms with Crippen molar-refractivity contribution in [2.24, 2.45) is 17.3 Å². The van der Waals surface area contributed by atoms with Gasteiger partial charge in [0.15, 0.2) is 23.1 Å². The molecule has 2 aliphatic rings. The number of nitrogens with zero attached hydrogens (tertiary/aromatic N) is 3. The Labute approximate surface area is 276 Å². The van der Waals surface area contributed by atoms with E-state index in [1.165, 1.54) is 49.8 Å². The van der Waals surface area contributed by atoms with Gasteiger partial charge in [0.05, 0.1) is 37.8 Å². The van der Waals surface area contributed by atoms with Gasteiger partial charge in [0.1, 0.15) is 17.6 Å². The average Bonchev–Trinajstić information content (AvgIpc) is 3.65. The van der Waals surface area contributed by atoms with E-state index in [4.69, 9.17) is 18.9 Å². The zero-order chi connectivity index (χ0) is 33.8. The molecule has 48 heavy (non-hydrogen) atoms. The number of nitrogens with one attached hydrogen (secondary N) is 2. The number of fused-ring (bicyclic) bond motifs is 1. The second-order valence-corrected chi connectivity index (χ2v) is 12.0. The first-order chi connectivity index (χ1) is 23.2. The van der Waals surface area contributed by atoms with Gasteiger partial charge < -0.3 is 29.6 Å². The smallest absolute Gasteiger partial charge is 0.240 e. The second kappa shape index (κ2) is 14.1. The maximum Gasteiger partial charge on any atom is 0.240 e. The Bertz CT molecular complexity index is 1790. The van der Waals surface area contributed by atoms with E-state index in [9.17, 15) is 14.0 Å². The zero-order valence-electron chi connectivity index (χ0n) is 26.9. The number of hydrogen-bond donors (Lipinski definition) is 2. The highest BCUT2D eigenvalue weighted by Crippen LogP contribution is 2.59. The van der Waals surface area contributed by atoms with Crippen molar-refractivity contribution in [1.29, 1.82) is 0 Å². The van der Waals surface area contributed by atoms with Crippen molar-refractivity contribution < 1.29 is 37.3 Å². The highest BCUT2D eigenvalue weighted by molar-refractivity contribution is 6.17. The summed E-state index contributed by atoms with van der Waals surface area (Å²) < 4.78 is 51.5. The summed E-state index contributed by atoms with van der Waals surface area (Å²) in [7, 11) is 1.53. The molecule has 13 heteroatoms. The number of rotatable bonds is 12. The van der Waals surface area contributed by atoms with E-state index >= 15 is 4.39 Å². The molecule has 1 unspecified atom stereocenters. The van der Waals surface area contributed by atoms with Crippen LogP contribution in [0.25, 0.3) is 10.9 Å².